The average Bonchev–Trinajstić information content (AvgIpc) is 3.26. The van der Waals surface area contributed by atoms with E-state index in [1.54, 1.807) is 12.1 Å². The predicted octanol–water partition coefficient (Wildman–Crippen LogP) is 1.30. The molecule has 0 unspecified atom stereocenters. The summed E-state index contributed by atoms with van der Waals surface area (Å²) in [5, 5.41) is 34.9. The van der Waals surface area contributed by atoms with Crippen molar-refractivity contribution < 1.29 is 24.2 Å². The minimum atomic E-state index is -1.23. The number of aromatic amines is 1. The summed E-state index contributed by atoms with van der Waals surface area (Å²) in [6, 6.07) is 6.89. The molecule has 3 rings (SSSR count). The van der Waals surface area contributed by atoms with Crippen LogP contribution in [0.4, 0.5) is 5.95 Å². The fourth-order valence-corrected chi connectivity index (χ4v) is 1.96. The van der Waals surface area contributed by atoms with Crippen LogP contribution in [0.2, 0.25) is 0 Å². The van der Waals surface area contributed by atoms with Gasteiger partial charge in [0.25, 0.3) is 5.95 Å². The molecule has 0 aliphatic carbocycles. The molecule has 11 nitrogen and oxygen atoms in total. The lowest BCUT2D eigenvalue weighted by Crippen LogP contribution is -2.02. The molecule has 126 valence electrons. The summed E-state index contributed by atoms with van der Waals surface area (Å²) in [6.45, 7) is 0. The van der Waals surface area contributed by atoms with Crippen molar-refractivity contribution in [3.8, 4) is 11.3 Å². The minimum absolute atomic E-state index is 0.153. The molecule has 0 saturated heterocycles. The van der Waals surface area contributed by atoms with Gasteiger partial charge in [-0.25, -0.2) is 15.0 Å². The number of hydrogen-bond acceptors (Lipinski definition) is 8. The van der Waals surface area contributed by atoms with Crippen LogP contribution >= 0.6 is 0 Å². The molecule has 0 fully saturated rings. The van der Waals surface area contributed by atoms with Crippen LogP contribution in [0.1, 0.15) is 26.5 Å². The van der Waals surface area contributed by atoms with Crippen LogP contribution in [0.15, 0.2) is 39.9 Å². The zero-order valence-electron chi connectivity index (χ0n) is 12.4. The summed E-state index contributed by atoms with van der Waals surface area (Å²) in [5.74, 6) is -1.65. The highest BCUT2D eigenvalue weighted by Gasteiger charge is 2.14. The molecular weight excluding hydrogens is 332 g/mol. The maximum atomic E-state index is 11.1. The summed E-state index contributed by atoms with van der Waals surface area (Å²) in [5.41, 5.74) is 2.53. The molecule has 11 heteroatoms. The minimum Gasteiger partial charge on any atom is -0.478 e. The molecule has 0 saturated carbocycles. The first-order valence-electron chi connectivity index (χ1n) is 6.77. The molecule has 2 heterocycles. The number of nitrogens with one attached hydrogen (secondary N) is 2. The van der Waals surface area contributed by atoms with Gasteiger partial charge >= 0.3 is 11.9 Å². The fraction of sp³-hybridized carbons (Fsp3) is 0. The number of hydrogen-bond donors (Lipinski definition) is 4. The normalized spacial score (nSPS) is 10.9. The highest BCUT2D eigenvalue weighted by atomic mass is 16.4. The number of aromatic carboxylic acids is 2. The van der Waals surface area contributed by atoms with Crippen molar-refractivity contribution in [1.82, 2.24) is 20.6 Å². The summed E-state index contributed by atoms with van der Waals surface area (Å²) in [6.07, 6.45) is 1.35. The summed E-state index contributed by atoms with van der Waals surface area (Å²) in [7, 11) is 0. The second kappa shape index (κ2) is 6.62. The van der Waals surface area contributed by atoms with E-state index >= 15 is 0 Å². The van der Waals surface area contributed by atoms with Crippen LogP contribution in [-0.2, 0) is 0 Å². The Balaban J connectivity index is 1.85. The summed E-state index contributed by atoms with van der Waals surface area (Å²) >= 11 is 0. The maximum Gasteiger partial charge on any atom is 0.335 e. The Labute approximate surface area is 139 Å². The Morgan fingerprint density at radius 3 is 2.48 bits per heavy atom. The van der Waals surface area contributed by atoms with Gasteiger partial charge in [-0.3, -0.25) is 0 Å². The van der Waals surface area contributed by atoms with E-state index in [0.717, 1.165) is 6.07 Å². The lowest BCUT2D eigenvalue weighted by Gasteiger charge is -2.03. The second-order valence-corrected chi connectivity index (χ2v) is 4.72. The quantitative estimate of drug-likeness (QED) is 0.381. The van der Waals surface area contributed by atoms with E-state index in [9.17, 15) is 9.59 Å². The first-order valence-corrected chi connectivity index (χ1v) is 6.77. The number of anilines is 1. The van der Waals surface area contributed by atoms with Gasteiger partial charge < -0.3 is 14.6 Å². The first-order chi connectivity index (χ1) is 12.0. The molecule has 1 aromatic carbocycles. The Morgan fingerprint density at radius 2 is 1.88 bits per heavy atom. The lowest BCUT2D eigenvalue weighted by molar-refractivity contribution is 0.0696. The zero-order chi connectivity index (χ0) is 17.8. The van der Waals surface area contributed by atoms with Gasteiger partial charge in [0.05, 0.1) is 17.3 Å². The van der Waals surface area contributed by atoms with Crippen LogP contribution in [0, 0.1) is 0 Å². The number of aromatic nitrogens is 4. The van der Waals surface area contributed by atoms with Crippen LogP contribution in [0.5, 0.6) is 0 Å². The number of hydrazone groups is 1. The van der Waals surface area contributed by atoms with E-state index in [1.807, 2.05) is 0 Å². The van der Waals surface area contributed by atoms with Gasteiger partial charge in [0.15, 0.2) is 0 Å². The van der Waals surface area contributed by atoms with Gasteiger partial charge in [0.2, 0.25) is 0 Å². The van der Waals surface area contributed by atoms with E-state index in [0.29, 0.717) is 17.1 Å². The molecule has 4 N–H and O–H groups in total. The number of benzene rings is 1. The number of carbonyl (C=O) groups is 2. The SMILES string of the molecule is O=C(O)c1cc(C(=O)O)cc(-c2ccc(C=NNc3nn[nH]n3)o2)c1. The van der Waals surface area contributed by atoms with E-state index < -0.39 is 11.9 Å². The summed E-state index contributed by atoms with van der Waals surface area (Å²) < 4.78 is 5.52. The Morgan fingerprint density at radius 1 is 1.16 bits per heavy atom. The molecule has 2 aromatic heterocycles. The van der Waals surface area contributed by atoms with Crippen molar-refractivity contribution in [1.29, 1.82) is 0 Å². The van der Waals surface area contributed by atoms with Gasteiger partial charge in [-0.15, -0.1) is 5.10 Å². The zero-order valence-corrected chi connectivity index (χ0v) is 12.4. The topological polar surface area (TPSA) is 167 Å². The Hall–Kier alpha value is -4.02. The molecule has 0 aliphatic rings. The van der Waals surface area contributed by atoms with E-state index in [4.69, 9.17) is 14.6 Å². The Kier molecular flexibility index (Phi) is 4.20. The third-order valence-corrected chi connectivity index (χ3v) is 3.04. The van der Waals surface area contributed by atoms with Gasteiger partial charge in [0, 0.05) is 5.56 Å². The number of furan rings is 1. The molecule has 3 aromatic rings. The molecule has 0 radical (unpaired) electrons. The van der Waals surface area contributed by atoms with Crippen molar-refractivity contribution >= 4 is 24.1 Å². The van der Waals surface area contributed by atoms with E-state index in [-0.39, 0.29) is 17.1 Å². The number of nitrogens with zero attached hydrogens (tertiary/aromatic N) is 4. The largest absolute Gasteiger partial charge is 0.478 e. The molecule has 0 atom stereocenters. The number of rotatable bonds is 6. The second-order valence-electron chi connectivity index (χ2n) is 4.72. The highest BCUT2D eigenvalue weighted by molar-refractivity contribution is 5.96. The van der Waals surface area contributed by atoms with Gasteiger partial charge in [-0.05, 0) is 35.5 Å². The monoisotopic (exact) mass is 342 g/mol. The molecule has 0 aliphatic heterocycles. The van der Waals surface area contributed by atoms with Gasteiger partial charge in [-0.1, -0.05) is 5.10 Å². The van der Waals surface area contributed by atoms with Crippen LogP contribution in [-0.4, -0.2) is 49.0 Å². The van der Waals surface area contributed by atoms with Crippen molar-refractivity contribution in [2.45, 2.75) is 0 Å². The average molecular weight is 342 g/mol. The third kappa shape index (κ3) is 3.67. The number of tetrazole rings is 1. The number of H-pyrrole nitrogens is 1. The van der Waals surface area contributed by atoms with Crippen LogP contribution in [0.3, 0.4) is 0 Å². The van der Waals surface area contributed by atoms with Crippen molar-refractivity contribution in [3.05, 3.63) is 47.2 Å². The van der Waals surface area contributed by atoms with E-state index in [2.05, 4.69) is 31.2 Å². The van der Waals surface area contributed by atoms with Crippen molar-refractivity contribution in [3.63, 3.8) is 0 Å². The van der Waals surface area contributed by atoms with Crippen LogP contribution in [0.25, 0.3) is 11.3 Å². The van der Waals surface area contributed by atoms with Crippen molar-refractivity contribution in [2.24, 2.45) is 5.10 Å². The molecule has 0 spiro atoms. The number of carboxylic acids is 2. The highest BCUT2D eigenvalue weighted by Crippen LogP contribution is 2.24. The van der Waals surface area contributed by atoms with Gasteiger partial charge in [-0.2, -0.15) is 10.3 Å². The molecular formula is C14H10N6O5. The first kappa shape index (κ1) is 15.9. The summed E-state index contributed by atoms with van der Waals surface area (Å²) in [4.78, 5) is 22.3. The lowest BCUT2D eigenvalue weighted by atomic mass is 10.0. The molecule has 0 bridgehead atoms. The smallest absolute Gasteiger partial charge is 0.335 e. The Bertz CT molecular complexity index is 914. The molecule has 25 heavy (non-hydrogen) atoms. The molecule has 0 amide bonds. The van der Waals surface area contributed by atoms with Gasteiger partial charge in [0.1, 0.15) is 11.5 Å². The fourth-order valence-electron chi connectivity index (χ4n) is 1.96. The number of carboxylic acid groups (broad SMARTS) is 2. The van der Waals surface area contributed by atoms with Crippen LogP contribution < -0.4 is 5.43 Å². The van der Waals surface area contributed by atoms with E-state index in [1.165, 1.54) is 18.3 Å². The predicted molar refractivity (Wildman–Crippen MR) is 83.5 cm³/mol. The standard InChI is InChI=1S/C14H10N6O5/c21-12(22)8-3-7(4-9(5-8)13(23)24)11-2-1-10(25-11)6-15-16-14-17-19-20-18-14/h1-6H,(H,21,22)(H,23,24)(H2,16,17,18,19,20). The third-order valence-electron chi connectivity index (χ3n) is 3.04. The van der Waals surface area contributed by atoms with Crippen molar-refractivity contribution in [2.75, 3.05) is 5.43 Å². The maximum absolute atomic E-state index is 11.1.